The summed E-state index contributed by atoms with van der Waals surface area (Å²) in [6, 6.07) is 1.70. The summed E-state index contributed by atoms with van der Waals surface area (Å²) in [7, 11) is 0. The largest absolute Gasteiger partial charge is 0.369 e. The Morgan fingerprint density at radius 1 is 1.45 bits per heavy atom. The molecule has 0 spiro atoms. The highest BCUT2D eigenvalue weighted by atomic mass is 35.5. The van der Waals surface area contributed by atoms with Crippen LogP contribution in [0.4, 0.5) is 5.82 Å². The molecular formula is C15H22ClN3O. The first-order chi connectivity index (χ1) is 9.43. The van der Waals surface area contributed by atoms with Crippen molar-refractivity contribution in [3.05, 3.63) is 22.8 Å². The van der Waals surface area contributed by atoms with Crippen LogP contribution in [0.25, 0.3) is 0 Å². The van der Waals surface area contributed by atoms with Crippen molar-refractivity contribution in [2.24, 2.45) is 5.41 Å². The van der Waals surface area contributed by atoms with Crippen LogP contribution < -0.4 is 5.32 Å². The van der Waals surface area contributed by atoms with Gasteiger partial charge in [0.15, 0.2) is 0 Å². The minimum atomic E-state index is 0.0259. The predicted molar refractivity (Wildman–Crippen MR) is 82.3 cm³/mol. The Morgan fingerprint density at radius 2 is 2.10 bits per heavy atom. The molecule has 1 fully saturated rings. The molecule has 0 unspecified atom stereocenters. The van der Waals surface area contributed by atoms with Crippen molar-refractivity contribution in [3.63, 3.8) is 0 Å². The lowest BCUT2D eigenvalue weighted by molar-refractivity contribution is 0.0630. The van der Waals surface area contributed by atoms with Crippen LogP contribution in [0.3, 0.4) is 0 Å². The summed E-state index contributed by atoms with van der Waals surface area (Å²) in [6.07, 6.45) is 3.68. The summed E-state index contributed by atoms with van der Waals surface area (Å²) < 4.78 is 0. The van der Waals surface area contributed by atoms with E-state index in [9.17, 15) is 4.79 Å². The maximum Gasteiger partial charge on any atom is 0.255 e. The first-order valence-corrected chi connectivity index (χ1v) is 7.49. The highest BCUT2D eigenvalue weighted by Crippen LogP contribution is 2.30. The number of nitrogens with zero attached hydrogens (tertiary/aromatic N) is 2. The van der Waals surface area contributed by atoms with Gasteiger partial charge in [-0.1, -0.05) is 25.4 Å². The van der Waals surface area contributed by atoms with Crippen LogP contribution >= 0.6 is 11.6 Å². The van der Waals surface area contributed by atoms with Crippen molar-refractivity contribution in [2.75, 3.05) is 25.0 Å². The van der Waals surface area contributed by atoms with E-state index in [2.05, 4.69) is 24.1 Å². The third-order valence-corrected chi connectivity index (χ3v) is 4.12. The maximum absolute atomic E-state index is 12.4. The van der Waals surface area contributed by atoms with Crippen LogP contribution in [-0.4, -0.2) is 35.4 Å². The maximum atomic E-state index is 12.4. The van der Waals surface area contributed by atoms with Gasteiger partial charge in [-0.15, -0.1) is 0 Å². The molecule has 0 radical (unpaired) electrons. The second-order valence-corrected chi connectivity index (χ2v) is 6.45. The molecule has 2 rings (SSSR count). The summed E-state index contributed by atoms with van der Waals surface area (Å²) in [5, 5.41) is 3.56. The van der Waals surface area contributed by atoms with Gasteiger partial charge in [0.05, 0.1) is 10.6 Å². The molecule has 5 heteroatoms. The van der Waals surface area contributed by atoms with Gasteiger partial charge in [-0.05, 0) is 31.2 Å². The van der Waals surface area contributed by atoms with Crippen LogP contribution in [0.1, 0.15) is 44.0 Å². The Labute approximate surface area is 125 Å². The van der Waals surface area contributed by atoms with Crippen LogP contribution in [0.2, 0.25) is 5.02 Å². The summed E-state index contributed by atoms with van der Waals surface area (Å²) in [5.41, 5.74) is 0.901. The lowest BCUT2D eigenvalue weighted by Gasteiger charge is -2.36. The Kier molecular flexibility index (Phi) is 4.53. The number of hydrogen-bond acceptors (Lipinski definition) is 3. The number of rotatable bonds is 3. The molecule has 110 valence electrons. The second kappa shape index (κ2) is 6.00. The van der Waals surface area contributed by atoms with E-state index in [1.165, 1.54) is 0 Å². The van der Waals surface area contributed by atoms with E-state index in [4.69, 9.17) is 11.6 Å². The highest BCUT2D eigenvalue weighted by molar-refractivity contribution is 6.33. The summed E-state index contributed by atoms with van der Waals surface area (Å²) in [6.45, 7) is 8.83. The summed E-state index contributed by atoms with van der Waals surface area (Å²) in [5.74, 6) is 0.656. The molecule has 1 aromatic rings. The third kappa shape index (κ3) is 3.42. The van der Waals surface area contributed by atoms with Crippen molar-refractivity contribution < 1.29 is 4.79 Å². The average molecular weight is 296 g/mol. The Morgan fingerprint density at radius 3 is 2.65 bits per heavy atom. The van der Waals surface area contributed by atoms with E-state index in [0.29, 0.717) is 21.8 Å². The zero-order valence-electron chi connectivity index (χ0n) is 12.4. The van der Waals surface area contributed by atoms with Gasteiger partial charge in [-0.25, -0.2) is 4.98 Å². The summed E-state index contributed by atoms with van der Waals surface area (Å²) in [4.78, 5) is 18.6. The molecular weight excluding hydrogens is 274 g/mol. The number of piperidine rings is 1. The minimum Gasteiger partial charge on any atom is -0.369 e. The molecule has 0 aromatic carbocycles. The number of carbonyl (C=O) groups excluding carboxylic acids is 1. The van der Waals surface area contributed by atoms with Crippen molar-refractivity contribution in [1.29, 1.82) is 0 Å². The minimum absolute atomic E-state index is 0.0259. The van der Waals surface area contributed by atoms with E-state index >= 15 is 0 Å². The Hall–Kier alpha value is -1.29. The topological polar surface area (TPSA) is 45.2 Å². The molecule has 20 heavy (non-hydrogen) atoms. The van der Waals surface area contributed by atoms with Crippen molar-refractivity contribution in [1.82, 2.24) is 9.88 Å². The van der Waals surface area contributed by atoms with Crippen molar-refractivity contribution in [3.8, 4) is 0 Å². The van der Waals surface area contributed by atoms with Gasteiger partial charge < -0.3 is 10.2 Å². The zero-order valence-corrected chi connectivity index (χ0v) is 13.1. The van der Waals surface area contributed by atoms with Gasteiger partial charge in [0, 0.05) is 25.8 Å². The molecule has 1 N–H and O–H groups in total. The van der Waals surface area contributed by atoms with Crippen molar-refractivity contribution >= 4 is 23.3 Å². The molecule has 4 nitrogen and oxygen atoms in total. The van der Waals surface area contributed by atoms with E-state index < -0.39 is 0 Å². The SMILES string of the molecule is CCNc1ncc(C(=O)N2CCC(C)(C)CC2)cc1Cl. The number of likely N-dealkylation sites (tertiary alicyclic amines) is 1. The number of amides is 1. The van der Waals surface area contributed by atoms with Gasteiger partial charge in [-0.2, -0.15) is 0 Å². The monoisotopic (exact) mass is 295 g/mol. The van der Waals surface area contributed by atoms with Crippen LogP contribution in [0.15, 0.2) is 12.3 Å². The number of carbonyl (C=O) groups is 1. The molecule has 0 aliphatic carbocycles. The lowest BCUT2D eigenvalue weighted by Crippen LogP contribution is -2.41. The Bertz CT molecular complexity index is 492. The van der Waals surface area contributed by atoms with Gasteiger partial charge in [0.2, 0.25) is 0 Å². The van der Waals surface area contributed by atoms with E-state index in [0.717, 1.165) is 32.5 Å². The van der Waals surface area contributed by atoms with Gasteiger partial charge >= 0.3 is 0 Å². The molecule has 1 aliphatic rings. The van der Waals surface area contributed by atoms with Crippen LogP contribution in [0.5, 0.6) is 0 Å². The van der Waals surface area contributed by atoms with Crippen molar-refractivity contribution in [2.45, 2.75) is 33.6 Å². The summed E-state index contributed by atoms with van der Waals surface area (Å²) >= 11 is 6.14. The fraction of sp³-hybridized carbons (Fsp3) is 0.600. The van der Waals surface area contributed by atoms with Gasteiger partial charge in [0.1, 0.15) is 5.82 Å². The molecule has 1 aliphatic heterocycles. The second-order valence-electron chi connectivity index (χ2n) is 6.04. The highest BCUT2D eigenvalue weighted by Gasteiger charge is 2.28. The number of nitrogens with one attached hydrogen (secondary N) is 1. The molecule has 2 heterocycles. The zero-order chi connectivity index (χ0) is 14.8. The third-order valence-electron chi connectivity index (χ3n) is 3.84. The van der Waals surface area contributed by atoms with E-state index in [1.54, 1.807) is 12.3 Å². The Balaban J connectivity index is 2.08. The molecule has 1 amide bonds. The van der Waals surface area contributed by atoms with Gasteiger partial charge in [-0.3, -0.25) is 4.79 Å². The number of pyridine rings is 1. The normalized spacial score (nSPS) is 17.9. The standard InChI is InChI=1S/C15H22ClN3O/c1-4-17-13-12(16)9-11(10-18-13)14(20)19-7-5-15(2,3)6-8-19/h9-10H,4-8H2,1-3H3,(H,17,18). The van der Waals surface area contributed by atoms with Crippen LogP contribution in [-0.2, 0) is 0 Å². The lowest BCUT2D eigenvalue weighted by atomic mass is 9.82. The quantitative estimate of drug-likeness (QED) is 0.929. The first kappa shape index (κ1) is 15.1. The number of hydrogen-bond donors (Lipinski definition) is 1. The number of aromatic nitrogens is 1. The van der Waals surface area contributed by atoms with E-state index in [-0.39, 0.29) is 5.91 Å². The first-order valence-electron chi connectivity index (χ1n) is 7.11. The predicted octanol–water partition coefficient (Wildman–Crippen LogP) is 3.43. The molecule has 1 saturated heterocycles. The molecule has 0 saturated carbocycles. The fourth-order valence-electron chi connectivity index (χ4n) is 2.35. The smallest absolute Gasteiger partial charge is 0.255 e. The van der Waals surface area contributed by atoms with Gasteiger partial charge in [0.25, 0.3) is 5.91 Å². The average Bonchev–Trinajstić information content (AvgIpc) is 2.40. The number of halogens is 1. The number of anilines is 1. The molecule has 1 aromatic heterocycles. The molecule has 0 bridgehead atoms. The molecule has 0 atom stereocenters. The fourth-order valence-corrected chi connectivity index (χ4v) is 2.58. The van der Waals surface area contributed by atoms with E-state index in [1.807, 2.05) is 11.8 Å². The van der Waals surface area contributed by atoms with Crippen LogP contribution in [0, 0.1) is 5.41 Å².